The second kappa shape index (κ2) is 8.75. The van der Waals surface area contributed by atoms with Gasteiger partial charge in [0, 0.05) is 55.7 Å². The van der Waals surface area contributed by atoms with E-state index in [-0.39, 0.29) is 6.09 Å². The lowest BCUT2D eigenvalue weighted by Gasteiger charge is -2.27. The van der Waals surface area contributed by atoms with Crippen molar-refractivity contribution in [2.45, 2.75) is 26.4 Å². The molecule has 2 aromatic heterocycles. The molecule has 31 heavy (non-hydrogen) atoms. The van der Waals surface area contributed by atoms with Gasteiger partial charge in [-0.05, 0) is 39.0 Å². The van der Waals surface area contributed by atoms with Crippen LogP contribution in [0.3, 0.4) is 0 Å². The molecule has 2 heterocycles. The van der Waals surface area contributed by atoms with Gasteiger partial charge >= 0.3 is 12.1 Å². The van der Waals surface area contributed by atoms with E-state index in [4.69, 9.17) is 14.5 Å². The van der Waals surface area contributed by atoms with Crippen LogP contribution in [0.4, 0.5) is 10.6 Å². The molecule has 3 aromatic rings. The van der Waals surface area contributed by atoms with Gasteiger partial charge in [-0.25, -0.2) is 14.6 Å². The van der Waals surface area contributed by atoms with Gasteiger partial charge in [-0.2, -0.15) is 0 Å². The summed E-state index contributed by atoms with van der Waals surface area (Å²) in [6, 6.07) is 7.22. The number of carbonyl (C=O) groups excluding carboxylic acids is 2. The number of carbonyl (C=O) groups is 2. The Kier molecular flexibility index (Phi) is 6.29. The first-order valence-corrected chi connectivity index (χ1v) is 10.0. The topological polar surface area (TPSA) is 84.9 Å². The zero-order valence-electron chi connectivity index (χ0n) is 18.8. The number of rotatable bonds is 5. The molecule has 1 amide bonds. The second-order valence-electron chi connectivity index (χ2n) is 8.40. The van der Waals surface area contributed by atoms with E-state index in [0.29, 0.717) is 24.2 Å². The Bertz CT molecular complexity index is 1120. The number of esters is 1. The minimum atomic E-state index is -0.544. The normalized spacial score (nSPS) is 11.4. The summed E-state index contributed by atoms with van der Waals surface area (Å²) in [5, 5.41) is 2.78. The van der Waals surface area contributed by atoms with Crippen LogP contribution in [0.15, 0.2) is 36.7 Å². The molecular formula is C23H28N4O4. The molecule has 8 heteroatoms. The molecule has 0 atom stereocenters. The quantitative estimate of drug-likeness (QED) is 0.454. The molecule has 164 valence electrons. The smallest absolute Gasteiger partial charge is 0.410 e. The maximum Gasteiger partial charge on any atom is 0.410 e. The molecular weight excluding hydrogens is 396 g/mol. The van der Waals surface area contributed by atoms with Crippen molar-refractivity contribution in [1.82, 2.24) is 14.9 Å². The van der Waals surface area contributed by atoms with Gasteiger partial charge in [-0.15, -0.1) is 0 Å². The summed E-state index contributed by atoms with van der Waals surface area (Å²) in [5.41, 5.74) is 0.562. The molecule has 0 spiro atoms. The first kappa shape index (κ1) is 22.3. The van der Waals surface area contributed by atoms with E-state index in [1.807, 2.05) is 44.9 Å². The Labute approximate surface area is 181 Å². The molecule has 0 aliphatic carbocycles. The van der Waals surface area contributed by atoms with E-state index < -0.39 is 11.6 Å². The van der Waals surface area contributed by atoms with Crippen molar-refractivity contribution in [2.75, 3.05) is 39.2 Å². The fourth-order valence-corrected chi connectivity index (χ4v) is 3.20. The average molecular weight is 425 g/mol. The number of aromatic nitrogens is 2. The zero-order valence-corrected chi connectivity index (χ0v) is 18.8. The SMILES string of the molecule is COC(=O)c1ccc2c(c1)nc(N(C)CCN(C)C(=O)OC(C)(C)C)c1ccncc12. The largest absolute Gasteiger partial charge is 0.465 e. The maximum absolute atomic E-state index is 12.2. The number of nitrogens with zero attached hydrogens (tertiary/aromatic N) is 4. The van der Waals surface area contributed by atoms with Crippen LogP contribution < -0.4 is 4.90 Å². The van der Waals surface area contributed by atoms with Crippen molar-refractivity contribution in [3.05, 3.63) is 42.2 Å². The number of hydrogen-bond donors (Lipinski definition) is 0. The van der Waals surface area contributed by atoms with Gasteiger partial charge in [-0.1, -0.05) is 6.07 Å². The Morgan fingerprint density at radius 3 is 2.45 bits per heavy atom. The first-order valence-electron chi connectivity index (χ1n) is 10.0. The Morgan fingerprint density at radius 2 is 1.77 bits per heavy atom. The van der Waals surface area contributed by atoms with Crippen LogP contribution in [0.5, 0.6) is 0 Å². The molecule has 0 bridgehead atoms. The highest BCUT2D eigenvalue weighted by Gasteiger charge is 2.20. The van der Waals surface area contributed by atoms with Crippen molar-refractivity contribution >= 4 is 39.6 Å². The van der Waals surface area contributed by atoms with Gasteiger partial charge in [0.05, 0.1) is 18.2 Å². The Balaban J connectivity index is 1.92. The first-order chi connectivity index (χ1) is 14.6. The van der Waals surface area contributed by atoms with Crippen LogP contribution in [-0.2, 0) is 9.47 Å². The number of fused-ring (bicyclic) bond motifs is 3. The highest BCUT2D eigenvalue weighted by molar-refractivity contribution is 6.11. The number of likely N-dealkylation sites (N-methyl/N-ethyl adjacent to an activating group) is 2. The van der Waals surface area contributed by atoms with Crippen LogP contribution in [0, 0.1) is 0 Å². The van der Waals surface area contributed by atoms with Crippen molar-refractivity contribution in [2.24, 2.45) is 0 Å². The fraction of sp³-hybridized carbons (Fsp3) is 0.391. The number of anilines is 1. The van der Waals surface area contributed by atoms with E-state index in [1.54, 1.807) is 36.5 Å². The lowest BCUT2D eigenvalue weighted by molar-refractivity contribution is 0.0303. The minimum absolute atomic E-state index is 0.371. The molecule has 0 unspecified atom stereocenters. The predicted molar refractivity (Wildman–Crippen MR) is 121 cm³/mol. The molecule has 8 nitrogen and oxygen atoms in total. The maximum atomic E-state index is 12.2. The van der Waals surface area contributed by atoms with Gasteiger partial charge < -0.3 is 19.3 Å². The standard InChI is InChI=1S/C23H28N4O4/c1-23(2,3)31-22(29)27(5)12-11-26(4)20-17-9-10-24-14-18(17)16-8-7-15(21(28)30-6)13-19(16)25-20/h7-10,13-14H,11-12H2,1-6H3. The average Bonchev–Trinajstić information content (AvgIpc) is 2.74. The molecule has 3 rings (SSSR count). The van der Waals surface area contributed by atoms with Crippen LogP contribution in [0.2, 0.25) is 0 Å². The van der Waals surface area contributed by atoms with Gasteiger partial charge in [0.2, 0.25) is 0 Å². The van der Waals surface area contributed by atoms with Crippen molar-refractivity contribution in [3.8, 4) is 0 Å². The third kappa shape index (κ3) is 5.02. The van der Waals surface area contributed by atoms with Crippen LogP contribution >= 0.6 is 0 Å². The van der Waals surface area contributed by atoms with Gasteiger partial charge in [-0.3, -0.25) is 4.98 Å². The van der Waals surface area contributed by atoms with Crippen LogP contribution in [0.1, 0.15) is 31.1 Å². The number of amides is 1. The summed E-state index contributed by atoms with van der Waals surface area (Å²) in [7, 11) is 4.98. The molecule has 0 saturated heterocycles. The number of pyridine rings is 2. The summed E-state index contributed by atoms with van der Waals surface area (Å²) in [5.74, 6) is 0.327. The third-order valence-corrected chi connectivity index (χ3v) is 4.83. The lowest BCUT2D eigenvalue weighted by Crippen LogP contribution is -2.38. The van der Waals surface area contributed by atoms with Crippen molar-refractivity contribution in [1.29, 1.82) is 0 Å². The van der Waals surface area contributed by atoms with Gasteiger partial charge in [0.25, 0.3) is 0 Å². The number of hydrogen-bond acceptors (Lipinski definition) is 7. The molecule has 0 saturated carbocycles. The van der Waals surface area contributed by atoms with E-state index in [0.717, 1.165) is 22.0 Å². The van der Waals surface area contributed by atoms with E-state index in [9.17, 15) is 9.59 Å². The van der Waals surface area contributed by atoms with Crippen molar-refractivity contribution in [3.63, 3.8) is 0 Å². The van der Waals surface area contributed by atoms with Crippen LogP contribution in [0.25, 0.3) is 21.7 Å². The Morgan fingerprint density at radius 1 is 1.03 bits per heavy atom. The van der Waals surface area contributed by atoms with E-state index >= 15 is 0 Å². The summed E-state index contributed by atoms with van der Waals surface area (Å²) in [6.45, 7) is 6.52. The van der Waals surface area contributed by atoms with E-state index in [2.05, 4.69) is 4.98 Å². The van der Waals surface area contributed by atoms with E-state index in [1.165, 1.54) is 7.11 Å². The lowest BCUT2D eigenvalue weighted by atomic mass is 10.1. The third-order valence-electron chi connectivity index (χ3n) is 4.83. The molecule has 0 fully saturated rings. The zero-order chi connectivity index (χ0) is 22.8. The molecule has 0 N–H and O–H groups in total. The number of benzene rings is 1. The summed E-state index contributed by atoms with van der Waals surface area (Å²) in [6.07, 6.45) is 3.15. The monoisotopic (exact) mass is 424 g/mol. The Hall–Kier alpha value is -3.42. The van der Waals surface area contributed by atoms with Crippen molar-refractivity contribution < 1.29 is 19.1 Å². The minimum Gasteiger partial charge on any atom is -0.465 e. The predicted octanol–water partition coefficient (Wildman–Crippen LogP) is 3.87. The number of ether oxygens (including phenoxy) is 2. The summed E-state index contributed by atoms with van der Waals surface area (Å²) < 4.78 is 10.2. The molecule has 0 aliphatic rings. The summed E-state index contributed by atoms with van der Waals surface area (Å²) >= 11 is 0. The summed E-state index contributed by atoms with van der Waals surface area (Å²) in [4.78, 5) is 36.8. The number of methoxy groups -OCH3 is 1. The fourth-order valence-electron chi connectivity index (χ4n) is 3.20. The van der Waals surface area contributed by atoms with Gasteiger partial charge in [0.1, 0.15) is 11.4 Å². The molecule has 0 radical (unpaired) electrons. The second-order valence-corrected chi connectivity index (χ2v) is 8.40. The molecule has 0 aliphatic heterocycles. The highest BCUT2D eigenvalue weighted by atomic mass is 16.6. The highest BCUT2D eigenvalue weighted by Crippen LogP contribution is 2.31. The molecule has 1 aromatic carbocycles. The van der Waals surface area contributed by atoms with Gasteiger partial charge in [0.15, 0.2) is 0 Å². The van der Waals surface area contributed by atoms with Crippen LogP contribution in [-0.4, -0.2) is 66.8 Å².